The molecule has 3 aromatic rings. The highest BCUT2D eigenvalue weighted by Gasteiger charge is 2.55. The maximum absolute atomic E-state index is 13.2. The first kappa shape index (κ1) is 21.9. The predicted octanol–water partition coefficient (Wildman–Crippen LogP) is 4.15. The number of piperidine rings is 1. The van der Waals surface area contributed by atoms with Gasteiger partial charge in [0, 0.05) is 33.2 Å². The highest BCUT2D eigenvalue weighted by atomic mass is 16.3. The summed E-state index contributed by atoms with van der Waals surface area (Å²) in [7, 11) is 1.88. The molecule has 2 atom stereocenters. The van der Waals surface area contributed by atoms with Crippen LogP contribution in [0.25, 0.3) is 0 Å². The fourth-order valence-electron chi connectivity index (χ4n) is 5.55. The van der Waals surface area contributed by atoms with Crippen molar-refractivity contribution < 1.29 is 9.90 Å². The number of rotatable bonds is 8. The summed E-state index contributed by atoms with van der Waals surface area (Å²) >= 11 is 0. The number of carbonyl (C=O) groups is 1. The Balaban J connectivity index is 1.20. The minimum absolute atomic E-state index is 0.0173. The van der Waals surface area contributed by atoms with Gasteiger partial charge in [0.15, 0.2) is 0 Å². The summed E-state index contributed by atoms with van der Waals surface area (Å²) in [6.45, 7) is 4.01. The Labute approximate surface area is 196 Å². The minimum Gasteiger partial charge on any atom is -0.380 e. The average molecular weight is 441 g/mol. The molecular formula is C29H32N2O2. The van der Waals surface area contributed by atoms with Gasteiger partial charge in [0.2, 0.25) is 5.91 Å². The molecule has 2 aliphatic rings. The van der Waals surface area contributed by atoms with Gasteiger partial charge in [0.1, 0.15) is 5.60 Å². The number of aliphatic hydroxyl groups is 1. The lowest BCUT2D eigenvalue weighted by Gasteiger charge is -2.31. The molecule has 4 nitrogen and oxygen atoms in total. The number of nitrogens with zero attached hydrogens (tertiary/aromatic N) is 2. The predicted molar refractivity (Wildman–Crippen MR) is 130 cm³/mol. The van der Waals surface area contributed by atoms with Gasteiger partial charge in [-0.1, -0.05) is 91.0 Å². The Morgan fingerprint density at radius 1 is 0.879 bits per heavy atom. The van der Waals surface area contributed by atoms with Gasteiger partial charge < -0.3 is 10.0 Å². The van der Waals surface area contributed by atoms with Gasteiger partial charge in [-0.05, 0) is 34.4 Å². The molecule has 0 spiro atoms. The van der Waals surface area contributed by atoms with Crippen molar-refractivity contribution in [1.82, 2.24) is 9.80 Å². The average Bonchev–Trinajstić information content (AvgIpc) is 3.29. The third-order valence-corrected chi connectivity index (χ3v) is 7.52. The molecule has 4 heteroatoms. The normalized spacial score (nSPS) is 22.1. The van der Waals surface area contributed by atoms with E-state index in [4.69, 9.17) is 0 Å². The topological polar surface area (TPSA) is 43.8 Å². The Kier molecular flexibility index (Phi) is 6.05. The summed E-state index contributed by atoms with van der Waals surface area (Å²) in [5.74, 6) is 1.93. The van der Waals surface area contributed by atoms with Gasteiger partial charge in [0.05, 0.1) is 6.42 Å². The van der Waals surface area contributed by atoms with Crippen molar-refractivity contribution in [2.45, 2.75) is 18.6 Å². The van der Waals surface area contributed by atoms with E-state index < -0.39 is 5.60 Å². The van der Waals surface area contributed by atoms with Crippen LogP contribution in [0.4, 0.5) is 0 Å². The van der Waals surface area contributed by atoms with Gasteiger partial charge >= 0.3 is 0 Å². The maximum Gasteiger partial charge on any atom is 0.225 e. The van der Waals surface area contributed by atoms with Gasteiger partial charge in [0.25, 0.3) is 0 Å². The highest BCUT2D eigenvalue weighted by Crippen LogP contribution is 2.52. The molecule has 5 rings (SSSR count). The summed E-state index contributed by atoms with van der Waals surface area (Å²) in [5, 5.41) is 11.7. The largest absolute Gasteiger partial charge is 0.380 e. The van der Waals surface area contributed by atoms with E-state index >= 15 is 0 Å². The van der Waals surface area contributed by atoms with E-state index in [1.807, 2.05) is 72.6 Å². The van der Waals surface area contributed by atoms with Crippen LogP contribution in [0.5, 0.6) is 0 Å². The third-order valence-electron chi connectivity index (χ3n) is 7.52. The summed E-state index contributed by atoms with van der Waals surface area (Å²) in [4.78, 5) is 17.6. The second-order valence-electron chi connectivity index (χ2n) is 9.71. The Morgan fingerprint density at radius 3 is 1.88 bits per heavy atom. The molecule has 0 aromatic heterocycles. The van der Waals surface area contributed by atoms with Crippen LogP contribution < -0.4 is 0 Å². The molecule has 33 heavy (non-hydrogen) atoms. The fourth-order valence-corrected chi connectivity index (χ4v) is 5.55. The van der Waals surface area contributed by atoms with Gasteiger partial charge in [-0.3, -0.25) is 9.69 Å². The van der Waals surface area contributed by atoms with Crippen molar-refractivity contribution in [3.8, 4) is 0 Å². The minimum atomic E-state index is -1.33. The lowest BCUT2D eigenvalue weighted by molar-refractivity contribution is -0.134. The van der Waals surface area contributed by atoms with Crippen molar-refractivity contribution in [2.24, 2.45) is 17.8 Å². The summed E-state index contributed by atoms with van der Waals surface area (Å²) in [6, 6.07) is 29.7. The first-order valence-corrected chi connectivity index (χ1v) is 11.9. The van der Waals surface area contributed by atoms with Gasteiger partial charge in [-0.15, -0.1) is 0 Å². The molecular weight excluding hydrogens is 408 g/mol. The molecule has 3 aromatic carbocycles. The van der Waals surface area contributed by atoms with E-state index in [0.29, 0.717) is 17.8 Å². The van der Waals surface area contributed by atoms with Crippen LogP contribution in [-0.4, -0.2) is 47.5 Å². The van der Waals surface area contributed by atoms with E-state index in [9.17, 15) is 9.90 Å². The van der Waals surface area contributed by atoms with Crippen molar-refractivity contribution in [2.75, 3.05) is 26.7 Å². The molecule has 1 saturated heterocycles. The number of benzene rings is 3. The first-order valence-electron chi connectivity index (χ1n) is 11.9. The van der Waals surface area contributed by atoms with Crippen LogP contribution in [0.3, 0.4) is 0 Å². The molecule has 1 N–H and O–H groups in total. The van der Waals surface area contributed by atoms with E-state index in [1.54, 1.807) is 0 Å². The van der Waals surface area contributed by atoms with Crippen LogP contribution in [0.1, 0.15) is 23.1 Å². The first-order chi connectivity index (χ1) is 16.0. The summed E-state index contributed by atoms with van der Waals surface area (Å²) < 4.78 is 0. The molecule has 2 unspecified atom stereocenters. The molecule has 2 fully saturated rings. The number of fused-ring (bicyclic) bond motifs is 1. The van der Waals surface area contributed by atoms with Crippen molar-refractivity contribution in [3.05, 3.63) is 108 Å². The molecule has 170 valence electrons. The second kappa shape index (κ2) is 9.12. The summed E-state index contributed by atoms with van der Waals surface area (Å²) in [6.07, 6.45) is 0.0414. The number of hydrogen-bond acceptors (Lipinski definition) is 3. The van der Waals surface area contributed by atoms with Crippen LogP contribution in [-0.2, 0) is 16.9 Å². The Morgan fingerprint density at radius 2 is 1.36 bits per heavy atom. The molecule has 1 heterocycles. The monoisotopic (exact) mass is 440 g/mol. The zero-order valence-electron chi connectivity index (χ0n) is 19.2. The molecule has 1 aliphatic heterocycles. The molecule has 0 bridgehead atoms. The lowest BCUT2D eigenvalue weighted by atomic mass is 9.83. The number of likely N-dealkylation sites (tertiary alicyclic amines) is 1. The zero-order valence-corrected chi connectivity index (χ0v) is 19.2. The van der Waals surface area contributed by atoms with Crippen LogP contribution in [0.15, 0.2) is 91.0 Å². The summed E-state index contributed by atoms with van der Waals surface area (Å²) in [5.41, 5.74) is 1.53. The molecule has 1 saturated carbocycles. The van der Waals surface area contributed by atoms with E-state index in [0.717, 1.165) is 37.3 Å². The van der Waals surface area contributed by atoms with E-state index in [2.05, 4.69) is 35.2 Å². The quantitative estimate of drug-likeness (QED) is 0.572. The van der Waals surface area contributed by atoms with Crippen LogP contribution >= 0.6 is 0 Å². The fraction of sp³-hybridized carbons (Fsp3) is 0.345. The van der Waals surface area contributed by atoms with Crippen LogP contribution in [0.2, 0.25) is 0 Å². The van der Waals surface area contributed by atoms with Gasteiger partial charge in [-0.2, -0.15) is 0 Å². The highest BCUT2D eigenvalue weighted by molar-refractivity contribution is 5.78. The second-order valence-corrected chi connectivity index (χ2v) is 9.71. The van der Waals surface area contributed by atoms with Crippen molar-refractivity contribution in [3.63, 3.8) is 0 Å². The van der Waals surface area contributed by atoms with Gasteiger partial charge in [-0.25, -0.2) is 0 Å². The zero-order chi connectivity index (χ0) is 22.8. The molecule has 0 radical (unpaired) electrons. The lowest BCUT2D eigenvalue weighted by Crippen LogP contribution is -2.38. The SMILES string of the molecule is CN(CC1C2CN(Cc3ccccc3)CC21)C(=O)CC(O)(c1ccccc1)c1ccccc1. The smallest absolute Gasteiger partial charge is 0.225 e. The number of carbonyl (C=O) groups excluding carboxylic acids is 1. The van der Waals surface area contributed by atoms with Crippen molar-refractivity contribution >= 4 is 5.91 Å². The Hall–Kier alpha value is -2.95. The molecule has 1 aliphatic carbocycles. The number of amides is 1. The number of hydrogen-bond donors (Lipinski definition) is 1. The van der Waals surface area contributed by atoms with Crippen molar-refractivity contribution in [1.29, 1.82) is 0 Å². The van der Waals surface area contributed by atoms with E-state index in [-0.39, 0.29) is 12.3 Å². The maximum atomic E-state index is 13.2. The Bertz CT molecular complexity index is 1020. The standard InChI is InChI=1S/C29H32N2O2/c1-30(19-25-26-20-31(21-27(25)26)18-22-11-5-2-6-12-22)28(32)17-29(33,23-13-7-3-8-14-23)24-15-9-4-10-16-24/h2-16,25-27,33H,17-21H2,1H3. The van der Waals surface area contributed by atoms with E-state index in [1.165, 1.54) is 5.56 Å². The van der Waals surface area contributed by atoms with Crippen LogP contribution in [0, 0.1) is 17.8 Å². The third kappa shape index (κ3) is 4.59. The molecule has 1 amide bonds.